The van der Waals surface area contributed by atoms with Crippen molar-refractivity contribution >= 4 is 38.8 Å². The number of carbonyl (C=O) groups excluding carboxylic acids is 1. The molecule has 0 radical (unpaired) electrons. The number of rotatable bonds is 3. The minimum atomic E-state index is -0.0149. The van der Waals surface area contributed by atoms with E-state index in [4.69, 9.17) is 4.42 Å². The summed E-state index contributed by atoms with van der Waals surface area (Å²) in [6.45, 7) is 1.32. The summed E-state index contributed by atoms with van der Waals surface area (Å²) in [7, 11) is 0. The van der Waals surface area contributed by atoms with Crippen molar-refractivity contribution in [2.24, 2.45) is 0 Å². The van der Waals surface area contributed by atoms with Crippen LogP contribution in [0.5, 0.6) is 0 Å². The number of fused-ring (bicyclic) bond motifs is 1. The Bertz CT molecular complexity index is 1050. The zero-order chi connectivity index (χ0) is 18.2. The fraction of sp³-hybridized carbons (Fsp3) is 0.263. The summed E-state index contributed by atoms with van der Waals surface area (Å²) in [4.78, 5) is 20.3. The molecular weight excluding hydrogens is 380 g/mol. The van der Waals surface area contributed by atoms with Crippen molar-refractivity contribution < 1.29 is 9.21 Å². The molecule has 3 aromatic heterocycles. The molecule has 1 atom stereocenters. The molecule has 136 valence electrons. The molecule has 0 bridgehead atoms. The van der Waals surface area contributed by atoms with E-state index in [1.807, 2.05) is 46.7 Å². The Kier molecular flexibility index (Phi) is 4.21. The summed E-state index contributed by atoms with van der Waals surface area (Å²) < 4.78 is 6.92. The van der Waals surface area contributed by atoms with Crippen LogP contribution >= 0.6 is 22.7 Å². The normalized spacial score (nSPS) is 17.5. The van der Waals surface area contributed by atoms with Gasteiger partial charge in [-0.05, 0) is 36.4 Å². The summed E-state index contributed by atoms with van der Waals surface area (Å²) in [5.41, 5.74) is 0.872. The third-order valence-corrected chi connectivity index (χ3v) is 6.59. The first-order chi connectivity index (χ1) is 13.3. The van der Waals surface area contributed by atoms with Crippen LogP contribution in [0.25, 0.3) is 21.0 Å². The molecule has 1 fully saturated rings. The highest BCUT2D eigenvalue weighted by atomic mass is 32.1. The van der Waals surface area contributed by atoms with Crippen molar-refractivity contribution in [2.75, 3.05) is 13.1 Å². The molecule has 1 aliphatic rings. The van der Waals surface area contributed by atoms with E-state index >= 15 is 0 Å². The van der Waals surface area contributed by atoms with Crippen LogP contribution in [0, 0.1) is 0 Å². The fourth-order valence-electron chi connectivity index (χ4n) is 3.36. The Morgan fingerprint density at radius 1 is 1.19 bits per heavy atom. The summed E-state index contributed by atoms with van der Waals surface area (Å²) >= 11 is 3.02. The standard InChI is InChI=1S/C19H16N4O2S2/c24-19(18-20-13-6-1-2-7-14(13)27-18)23-9-3-5-12(11-23)16-21-22-17(25-16)15-8-4-10-26-15/h1-2,4,6-8,10,12H,3,5,9,11H2/t12-/m1/s1. The van der Waals surface area contributed by atoms with Gasteiger partial charge in [-0.15, -0.1) is 32.9 Å². The molecule has 1 saturated heterocycles. The zero-order valence-electron chi connectivity index (χ0n) is 14.4. The maximum Gasteiger partial charge on any atom is 0.282 e. The van der Waals surface area contributed by atoms with E-state index < -0.39 is 0 Å². The van der Waals surface area contributed by atoms with Gasteiger partial charge in [0.25, 0.3) is 11.8 Å². The Morgan fingerprint density at radius 3 is 2.96 bits per heavy atom. The highest BCUT2D eigenvalue weighted by Crippen LogP contribution is 2.31. The van der Waals surface area contributed by atoms with Gasteiger partial charge < -0.3 is 9.32 Å². The lowest BCUT2D eigenvalue weighted by molar-refractivity contribution is 0.0698. The Balaban J connectivity index is 1.35. The third kappa shape index (κ3) is 3.15. The van der Waals surface area contributed by atoms with Crippen molar-refractivity contribution in [1.82, 2.24) is 20.1 Å². The lowest BCUT2D eigenvalue weighted by Crippen LogP contribution is -2.39. The molecule has 1 aromatic carbocycles. The molecule has 8 heteroatoms. The van der Waals surface area contributed by atoms with E-state index in [0.29, 0.717) is 23.3 Å². The lowest BCUT2D eigenvalue weighted by Gasteiger charge is -2.30. The predicted molar refractivity (Wildman–Crippen MR) is 105 cm³/mol. The molecule has 4 aromatic rings. The first kappa shape index (κ1) is 16.6. The second-order valence-corrected chi connectivity index (χ2v) is 8.48. The number of amides is 1. The van der Waals surface area contributed by atoms with Gasteiger partial charge in [-0.1, -0.05) is 18.2 Å². The van der Waals surface area contributed by atoms with Crippen LogP contribution in [0.3, 0.4) is 0 Å². The number of piperidine rings is 1. The molecule has 1 aliphatic heterocycles. The minimum Gasteiger partial charge on any atom is -0.420 e. The van der Waals surface area contributed by atoms with Crippen molar-refractivity contribution in [1.29, 1.82) is 0 Å². The minimum absolute atomic E-state index is 0.0149. The molecule has 0 unspecified atom stereocenters. The zero-order valence-corrected chi connectivity index (χ0v) is 16.0. The number of carbonyl (C=O) groups is 1. The number of hydrogen-bond donors (Lipinski definition) is 0. The number of thiophene rings is 1. The summed E-state index contributed by atoms with van der Waals surface area (Å²) in [6.07, 6.45) is 1.85. The van der Waals surface area contributed by atoms with Gasteiger partial charge in [0.2, 0.25) is 5.89 Å². The van der Waals surface area contributed by atoms with Crippen LogP contribution in [0.4, 0.5) is 0 Å². The Hall–Kier alpha value is -2.58. The Labute approximate surface area is 163 Å². The van der Waals surface area contributed by atoms with Crippen molar-refractivity contribution in [3.05, 3.63) is 52.7 Å². The number of nitrogens with zero attached hydrogens (tertiary/aromatic N) is 4. The molecule has 0 aliphatic carbocycles. The predicted octanol–water partition coefficient (Wildman–Crippen LogP) is 4.43. The van der Waals surface area contributed by atoms with Gasteiger partial charge in [0.1, 0.15) is 0 Å². The van der Waals surface area contributed by atoms with E-state index in [2.05, 4.69) is 15.2 Å². The van der Waals surface area contributed by atoms with E-state index in [0.717, 1.165) is 34.5 Å². The SMILES string of the molecule is O=C(c1nc2ccccc2s1)N1CCC[C@@H](c2nnc(-c3cccs3)o2)C1. The molecule has 5 rings (SSSR count). The van der Waals surface area contributed by atoms with E-state index in [9.17, 15) is 4.79 Å². The van der Waals surface area contributed by atoms with Crippen LogP contribution in [0.2, 0.25) is 0 Å². The Morgan fingerprint density at radius 2 is 2.11 bits per heavy atom. The molecule has 6 nitrogen and oxygen atoms in total. The highest BCUT2D eigenvalue weighted by molar-refractivity contribution is 7.20. The number of hydrogen-bond acceptors (Lipinski definition) is 7. The molecule has 0 N–H and O–H groups in total. The van der Waals surface area contributed by atoms with Gasteiger partial charge in [-0.3, -0.25) is 4.79 Å². The summed E-state index contributed by atoms with van der Waals surface area (Å²) in [5, 5.41) is 10.9. The number of aromatic nitrogens is 3. The van der Waals surface area contributed by atoms with Crippen molar-refractivity contribution in [3.8, 4) is 10.8 Å². The first-order valence-electron chi connectivity index (χ1n) is 8.80. The monoisotopic (exact) mass is 396 g/mol. The topological polar surface area (TPSA) is 72.1 Å². The molecule has 0 spiro atoms. The molecule has 27 heavy (non-hydrogen) atoms. The molecular formula is C19H16N4O2S2. The maximum absolute atomic E-state index is 12.9. The maximum atomic E-state index is 12.9. The molecule has 0 saturated carbocycles. The summed E-state index contributed by atoms with van der Waals surface area (Å²) in [5.74, 6) is 1.21. The van der Waals surface area contributed by atoms with Gasteiger partial charge in [0, 0.05) is 13.1 Å². The summed E-state index contributed by atoms with van der Waals surface area (Å²) in [6, 6.07) is 11.8. The highest BCUT2D eigenvalue weighted by Gasteiger charge is 2.30. The quantitative estimate of drug-likeness (QED) is 0.512. The van der Waals surface area contributed by atoms with E-state index in [1.165, 1.54) is 11.3 Å². The second-order valence-electron chi connectivity index (χ2n) is 6.50. The van der Waals surface area contributed by atoms with E-state index in [1.54, 1.807) is 11.3 Å². The van der Waals surface area contributed by atoms with Crippen LogP contribution in [-0.2, 0) is 0 Å². The average Bonchev–Trinajstić information content (AvgIpc) is 3.47. The van der Waals surface area contributed by atoms with Gasteiger partial charge in [0.15, 0.2) is 5.01 Å². The van der Waals surface area contributed by atoms with Gasteiger partial charge in [-0.25, -0.2) is 4.98 Å². The molecule has 4 heterocycles. The number of para-hydroxylation sites is 1. The number of benzene rings is 1. The third-order valence-electron chi connectivity index (χ3n) is 4.71. The fourth-order valence-corrected chi connectivity index (χ4v) is 4.94. The van der Waals surface area contributed by atoms with Gasteiger partial charge in [-0.2, -0.15) is 0 Å². The number of thiazole rings is 1. The van der Waals surface area contributed by atoms with Crippen LogP contribution in [0.15, 0.2) is 46.2 Å². The molecule has 1 amide bonds. The van der Waals surface area contributed by atoms with Crippen molar-refractivity contribution in [2.45, 2.75) is 18.8 Å². The van der Waals surface area contributed by atoms with E-state index in [-0.39, 0.29) is 11.8 Å². The lowest BCUT2D eigenvalue weighted by atomic mass is 9.98. The second kappa shape index (κ2) is 6.86. The largest absolute Gasteiger partial charge is 0.420 e. The number of likely N-dealkylation sites (tertiary alicyclic amines) is 1. The van der Waals surface area contributed by atoms with Crippen LogP contribution in [-0.4, -0.2) is 39.1 Å². The van der Waals surface area contributed by atoms with Crippen molar-refractivity contribution in [3.63, 3.8) is 0 Å². The van der Waals surface area contributed by atoms with Crippen LogP contribution in [0.1, 0.15) is 34.5 Å². The van der Waals surface area contributed by atoms with Gasteiger partial charge in [0.05, 0.1) is 21.0 Å². The van der Waals surface area contributed by atoms with Gasteiger partial charge >= 0.3 is 0 Å². The average molecular weight is 396 g/mol. The first-order valence-corrected chi connectivity index (χ1v) is 10.5. The van der Waals surface area contributed by atoms with Crippen LogP contribution < -0.4 is 0 Å². The smallest absolute Gasteiger partial charge is 0.282 e.